The second-order valence-electron chi connectivity index (χ2n) is 17.1. The van der Waals surface area contributed by atoms with E-state index in [0.717, 1.165) is 50.1 Å². The van der Waals surface area contributed by atoms with Crippen molar-refractivity contribution in [1.82, 2.24) is 0 Å². The third-order valence-corrected chi connectivity index (χ3v) is 13.7. The Morgan fingerprint density at radius 2 is 0.908 bits per heavy atom. The zero-order chi connectivity index (χ0) is 42.9. The van der Waals surface area contributed by atoms with Gasteiger partial charge >= 0.3 is 0 Å². The van der Waals surface area contributed by atoms with E-state index < -0.39 is 5.41 Å². The molecule has 0 radical (unpaired) electrons. The van der Waals surface area contributed by atoms with Gasteiger partial charge < -0.3 is 9.32 Å². The van der Waals surface area contributed by atoms with E-state index in [4.69, 9.17) is 4.42 Å². The highest BCUT2D eigenvalue weighted by Crippen LogP contribution is 2.58. The Balaban J connectivity index is 1.13. The van der Waals surface area contributed by atoms with E-state index >= 15 is 0 Å². The summed E-state index contributed by atoms with van der Waals surface area (Å²) in [4.78, 5) is 2.48. The fourth-order valence-corrected chi connectivity index (χ4v) is 11.0. The molecule has 0 aliphatic heterocycles. The van der Waals surface area contributed by atoms with Crippen LogP contribution in [0.5, 0.6) is 0 Å². The molecule has 0 saturated carbocycles. The zero-order valence-electron chi connectivity index (χ0n) is 35.5. The molecular formula is C63H41NO. The van der Waals surface area contributed by atoms with Crippen molar-refractivity contribution in [3.05, 3.63) is 271 Å². The van der Waals surface area contributed by atoms with Gasteiger partial charge in [-0.2, -0.15) is 0 Å². The molecule has 65 heavy (non-hydrogen) atoms. The van der Waals surface area contributed by atoms with Crippen LogP contribution in [0.2, 0.25) is 0 Å². The first-order valence-corrected chi connectivity index (χ1v) is 22.4. The molecule has 0 amide bonds. The number of benzene rings is 11. The van der Waals surface area contributed by atoms with Gasteiger partial charge in [-0.1, -0.05) is 200 Å². The van der Waals surface area contributed by atoms with Crippen LogP contribution < -0.4 is 4.90 Å². The largest absolute Gasteiger partial charge is 0.456 e. The lowest BCUT2D eigenvalue weighted by Gasteiger charge is -2.34. The number of fused-ring (bicyclic) bond motifs is 9. The highest BCUT2D eigenvalue weighted by atomic mass is 16.3. The van der Waals surface area contributed by atoms with Crippen LogP contribution in [0, 0.1) is 0 Å². The van der Waals surface area contributed by atoms with Crippen molar-refractivity contribution in [3.63, 3.8) is 0 Å². The van der Waals surface area contributed by atoms with E-state index in [0.29, 0.717) is 0 Å². The molecule has 13 rings (SSSR count). The van der Waals surface area contributed by atoms with Crippen LogP contribution in [0.3, 0.4) is 0 Å². The third kappa shape index (κ3) is 5.67. The average molecular weight is 828 g/mol. The minimum absolute atomic E-state index is 0.501. The lowest BCUT2D eigenvalue weighted by atomic mass is 9.68. The molecule has 304 valence electrons. The van der Waals surface area contributed by atoms with Gasteiger partial charge in [0.05, 0.1) is 11.1 Å². The number of hydrogen-bond donors (Lipinski definition) is 0. The Bertz CT molecular complexity index is 3720. The van der Waals surface area contributed by atoms with Gasteiger partial charge in [0.2, 0.25) is 0 Å². The minimum Gasteiger partial charge on any atom is -0.456 e. The van der Waals surface area contributed by atoms with Crippen LogP contribution in [-0.2, 0) is 5.41 Å². The maximum absolute atomic E-state index is 6.71. The first-order chi connectivity index (χ1) is 32.3. The highest BCUT2D eigenvalue weighted by molar-refractivity contribution is 6.22. The highest BCUT2D eigenvalue weighted by Gasteiger charge is 2.46. The predicted molar refractivity (Wildman–Crippen MR) is 272 cm³/mol. The average Bonchev–Trinajstić information content (AvgIpc) is 3.91. The van der Waals surface area contributed by atoms with Gasteiger partial charge in [-0.25, -0.2) is 0 Å². The maximum Gasteiger partial charge on any atom is 0.136 e. The summed E-state index contributed by atoms with van der Waals surface area (Å²) in [5.41, 5.74) is 16.6. The Morgan fingerprint density at radius 3 is 1.66 bits per heavy atom. The van der Waals surface area contributed by atoms with E-state index in [1.54, 1.807) is 0 Å². The Kier molecular flexibility index (Phi) is 8.47. The van der Waals surface area contributed by atoms with Crippen LogP contribution in [0.25, 0.3) is 76.9 Å². The molecule has 1 aromatic heterocycles. The van der Waals surface area contributed by atoms with E-state index in [1.807, 2.05) is 0 Å². The number of anilines is 3. The molecule has 1 aliphatic rings. The molecule has 1 heterocycles. The van der Waals surface area contributed by atoms with Crippen LogP contribution in [0.1, 0.15) is 22.3 Å². The topological polar surface area (TPSA) is 16.4 Å². The Morgan fingerprint density at radius 1 is 0.338 bits per heavy atom. The van der Waals surface area contributed by atoms with Crippen LogP contribution in [-0.4, -0.2) is 0 Å². The Labute approximate surface area is 377 Å². The fourth-order valence-electron chi connectivity index (χ4n) is 11.0. The first-order valence-electron chi connectivity index (χ1n) is 22.4. The van der Waals surface area contributed by atoms with E-state index in [2.05, 4.69) is 254 Å². The summed E-state index contributed by atoms with van der Waals surface area (Å²) >= 11 is 0. The quantitative estimate of drug-likeness (QED) is 0.149. The molecule has 0 fully saturated rings. The lowest BCUT2D eigenvalue weighted by molar-refractivity contribution is 0.669. The van der Waals surface area contributed by atoms with Gasteiger partial charge in [-0.05, 0) is 120 Å². The molecule has 0 atom stereocenters. The van der Waals surface area contributed by atoms with Gasteiger partial charge in [0.1, 0.15) is 11.2 Å². The number of para-hydroxylation sites is 1. The van der Waals surface area contributed by atoms with Crippen molar-refractivity contribution in [2.75, 3.05) is 4.90 Å². The summed E-state index contributed by atoms with van der Waals surface area (Å²) in [6, 6.07) is 90.9. The fraction of sp³-hybridized carbons (Fsp3) is 0.0159. The van der Waals surface area contributed by atoms with Crippen molar-refractivity contribution >= 4 is 60.5 Å². The Hall–Kier alpha value is -8.46. The lowest BCUT2D eigenvalue weighted by Crippen LogP contribution is -2.28. The van der Waals surface area contributed by atoms with Crippen molar-refractivity contribution in [2.24, 2.45) is 0 Å². The summed E-state index contributed by atoms with van der Waals surface area (Å²) in [6.07, 6.45) is 0. The minimum atomic E-state index is -0.501. The SMILES string of the molecule is c1ccc(-c2ccc(N(c3ccc4c(c3)-c3ccccc3C4(c3ccccc3)c3ccccc3)c3ccc4oc5ccccc5c4c3-c3cc4ccccc4c4ccccc34)cc2)cc1. The molecule has 2 heteroatoms. The summed E-state index contributed by atoms with van der Waals surface area (Å²) in [7, 11) is 0. The molecule has 0 N–H and O–H groups in total. The predicted octanol–water partition coefficient (Wildman–Crippen LogP) is 17.1. The number of rotatable bonds is 7. The molecule has 0 saturated heterocycles. The molecule has 1 aliphatic carbocycles. The summed E-state index contributed by atoms with van der Waals surface area (Å²) in [5.74, 6) is 0. The molecule has 0 bridgehead atoms. The van der Waals surface area contributed by atoms with E-state index in [-0.39, 0.29) is 0 Å². The second kappa shape index (κ2) is 14.8. The van der Waals surface area contributed by atoms with Crippen molar-refractivity contribution in [2.45, 2.75) is 5.41 Å². The third-order valence-electron chi connectivity index (χ3n) is 13.7. The summed E-state index contributed by atoms with van der Waals surface area (Å²) in [6.45, 7) is 0. The summed E-state index contributed by atoms with van der Waals surface area (Å²) < 4.78 is 6.71. The smallest absolute Gasteiger partial charge is 0.136 e. The number of hydrogen-bond acceptors (Lipinski definition) is 2. The molecule has 0 unspecified atom stereocenters. The van der Waals surface area contributed by atoms with Crippen molar-refractivity contribution in [3.8, 4) is 33.4 Å². The van der Waals surface area contributed by atoms with Gasteiger partial charge in [0, 0.05) is 27.7 Å². The van der Waals surface area contributed by atoms with Crippen molar-refractivity contribution < 1.29 is 4.42 Å². The standard InChI is InChI=1S/C63H41NO/c1-4-18-42(19-5-1)43-32-34-47(35-33-43)64(48-36-37-57-54(41-48)52-28-14-16-30-56(52)63(57,45-21-6-2-7-22-45)46-23-8-3-9-24-46)58-38-39-60-62(53-29-15-17-31-59(53)65-60)61(58)55-40-44-20-10-11-25-49(44)50-26-12-13-27-51(50)55/h1-41H. The van der Waals surface area contributed by atoms with Crippen LogP contribution in [0.15, 0.2) is 253 Å². The number of furan rings is 1. The van der Waals surface area contributed by atoms with Gasteiger partial charge in [-0.15, -0.1) is 0 Å². The molecule has 2 nitrogen and oxygen atoms in total. The van der Waals surface area contributed by atoms with E-state index in [1.165, 1.54) is 66.1 Å². The maximum atomic E-state index is 6.71. The molecule has 0 spiro atoms. The zero-order valence-corrected chi connectivity index (χ0v) is 35.5. The molecule has 11 aromatic carbocycles. The van der Waals surface area contributed by atoms with Crippen LogP contribution in [0.4, 0.5) is 17.1 Å². The normalized spacial score (nSPS) is 12.7. The second-order valence-corrected chi connectivity index (χ2v) is 17.1. The van der Waals surface area contributed by atoms with Gasteiger partial charge in [0.15, 0.2) is 0 Å². The number of nitrogens with zero attached hydrogens (tertiary/aromatic N) is 1. The monoisotopic (exact) mass is 827 g/mol. The molecule has 12 aromatic rings. The molecular weight excluding hydrogens is 787 g/mol. The van der Waals surface area contributed by atoms with Gasteiger partial charge in [-0.3, -0.25) is 0 Å². The van der Waals surface area contributed by atoms with E-state index in [9.17, 15) is 0 Å². The van der Waals surface area contributed by atoms with Gasteiger partial charge in [0.25, 0.3) is 0 Å². The summed E-state index contributed by atoms with van der Waals surface area (Å²) in [5, 5.41) is 7.05. The first kappa shape index (κ1) is 37.1. The van der Waals surface area contributed by atoms with Crippen LogP contribution >= 0.6 is 0 Å². The van der Waals surface area contributed by atoms with Crippen molar-refractivity contribution in [1.29, 1.82) is 0 Å².